The minimum atomic E-state index is -0.335. The van der Waals surface area contributed by atoms with Crippen LogP contribution in [0, 0.1) is 0 Å². The third-order valence-corrected chi connectivity index (χ3v) is 4.54. The predicted octanol–water partition coefficient (Wildman–Crippen LogP) is 3.23. The molecule has 26 heavy (non-hydrogen) atoms. The van der Waals surface area contributed by atoms with E-state index in [-0.39, 0.29) is 12.1 Å². The van der Waals surface area contributed by atoms with Crippen molar-refractivity contribution in [3.63, 3.8) is 0 Å². The van der Waals surface area contributed by atoms with Gasteiger partial charge in [-0.3, -0.25) is 4.79 Å². The van der Waals surface area contributed by atoms with Crippen molar-refractivity contribution in [2.24, 2.45) is 0 Å². The van der Waals surface area contributed by atoms with Crippen molar-refractivity contribution in [2.45, 2.75) is 6.23 Å². The predicted molar refractivity (Wildman–Crippen MR) is 102 cm³/mol. The Hall–Kier alpha value is -2.47. The van der Waals surface area contributed by atoms with E-state index < -0.39 is 0 Å². The summed E-state index contributed by atoms with van der Waals surface area (Å²) in [6.45, 7) is 1.97. The highest BCUT2D eigenvalue weighted by Crippen LogP contribution is 2.26. The first kappa shape index (κ1) is 17.0. The molecule has 2 heterocycles. The van der Waals surface area contributed by atoms with Crippen LogP contribution in [-0.2, 0) is 4.74 Å². The van der Waals surface area contributed by atoms with E-state index in [1.165, 1.54) is 0 Å². The Labute approximate surface area is 156 Å². The second-order valence-corrected chi connectivity index (χ2v) is 6.56. The number of fused-ring (bicyclic) bond motifs is 1. The minimum absolute atomic E-state index is 0.180. The summed E-state index contributed by atoms with van der Waals surface area (Å²) in [5.74, 6) is -0.180. The highest BCUT2D eigenvalue weighted by Gasteiger charge is 2.19. The summed E-state index contributed by atoms with van der Waals surface area (Å²) in [5.41, 5.74) is 2.91. The molecule has 1 atom stereocenters. The van der Waals surface area contributed by atoms with E-state index in [4.69, 9.17) is 21.3 Å². The number of ether oxygens (including phenoxy) is 1. The zero-order chi connectivity index (χ0) is 17.9. The molecule has 1 aliphatic heterocycles. The fourth-order valence-electron chi connectivity index (χ4n) is 3.04. The van der Waals surface area contributed by atoms with Crippen molar-refractivity contribution in [3.05, 3.63) is 65.2 Å². The number of morpholine rings is 1. The normalized spacial score (nSPS) is 17.2. The number of aromatic nitrogens is 1. The highest BCUT2D eigenvalue weighted by atomic mass is 35.5. The van der Waals surface area contributed by atoms with Gasteiger partial charge >= 0.3 is 0 Å². The van der Waals surface area contributed by atoms with Gasteiger partial charge in [-0.15, -0.1) is 0 Å². The van der Waals surface area contributed by atoms with Crippen LogP contribution in [0.5, 0.6) is 0 Å². The topological polar surface area (TPSA) is 63.2 Å². The zero-order valence-corrected chi connectivity index (χ0v) is 14.8. The molecule has 0 spiro atoms. The molecule has 1 aromatic heterocycles. The zero-order valence-electron chi connectivity index (χ0n) is 14.0. The van der Waals surface area contributed by atoms with Gasteiger partial charge in [0, 0.05) is 29.1 Å². The molecule has 0 aliphatic carbocycles. The van der Waals surface area contributed by atoms with Crippen LogP contribution in [0.3, 0.4) is 0 Å². The van der Waals surface area contributed by atoms with Gasteiger partial charge in [-0.05, 0) is 24.3 Å². The van der Waals surface area contributed by atoms with E-state index in [9.17, 15) is 4.79 Å². The first-order chi connectivity index (χ1) is 12.7. The number of benzene rings is 2. The lowest BCUT2D eigenvalue weighted by Gasteiger charge is -2.24. The lowest BCUT2D eigenvalue weighted by atomic mass is 10.0. The Morgan fingerprint density at radius 2 is 2.08 bits per heavy atom. The van der Waals surface area contributed by atoms with Crippen molar-refractivity contribution in [1.29, 1.82) is 0 Å². The Balaban J connectivity index is 1.75. The summed E-state index contributed by atoms with van der Waals surface area (Å²) in [6, 6.07) is 16.9. The largest absolute Gasteiger partial charge is 0.356 e. The number of nitrogens with one attached hydrogen (secondary N) is 2. The number of para-hydroxylation sites is 1. The second kappa shape index (κ2) is 7.41. The number of halogens is 1. The monoisotopic (exact) mass is 367 g/mol. The molecule has 5 nitrogen and oxygen atoms in total. The highest BCUT2D eigenvalue weighted by molar-refractivity contribution is 6.30. The van der Waals surface area contributed by atoms with Crippen LogP contribution in [0.25, 0.3) is 22.2 Å². The molecule has 1 fully saturated rings. The number of amides is 1. The summed E-state index contributed by atoms with van der Waals surface area (Å²) in [7, 11) is 0. The maximum atomic E-state index is 12.9. The van der Waals surface area contributed by atoms with Crippen molar-refractivity contribution < 1.29 is 9.53 Å². The van der Waals surface area contributed by atoms with Gasteiger partial charge in [-0.25, -0.2) is 4.98 Å². The van der Waals surface area contributed by atoms with Crippen LogP contribution in [0.15, 0.2) is 54.6 Å². The van der Waals surface area contributed by atoms with Gasteiger partial charge < -0.3 is 15.4 Å². The van der Waals surface area contributed by atoms with Crippen molar-refractivity contribution in [2.75, 3.05) is 19.7 Å². The molecule has 1 amide bonds. The van der Waals surface area contributed by atoms with E-state index in [1.54, 1.807) is 6.07 Å². The van der Waals surface area contributed by atoms with Gasteiger partial charge in [0.2, 0.25) is 0 Å². The smallest absolute Gasteiger partial charge is 0.254 e. The van der Waals surface area contributed by atoms with Crippen molar-refractivity contribution in [1.82, 2.24) is 15.6 Å². The van der Waals surface area contributed by atoms with Crippen LogP contribution < -0.4 is 10.6 Å². The van der Waals surface area contributed by atoms with Gasteiger partial charge in [-0.1, -0.05) is 41.9 Å². The molecular weight excluding hydrogens is 350 g/mol. The molecule has 2 N–H and O–H groups in total. The van der Waals surface area contributed by atoms with Crippen LogP contribution in [0.1, 0.15) is 10.4 Å². The third kappa shape index (κ3) is 3.55. The van der Waals surface area contributed by atoms with Crippen molar-refractivity contribution in [3.8, 4) is 11.3 Å². The summed E-state index contributed by atoms with van der Waals surface area (Å²) >= 11 is 6.11. The van der Waals surface area contributed by atoms with E-state index in [1.807, 2.05) is 48.5 Å². The molecule has 4 rings (SSSR count). The minimum Gasteiger partial charge on any atom is -0.356 e. The number of hydrogen-bond acceptors (Lipinski definition) is 4. The number of hydrogen-bond donors (Lipinski definition) is 2. The van der Waals surface area contributed by atoms with Crippen LogP contribution in [0.4, 0.5) is 0 Å². The Bertz CT molecular complexity index is 955. The van der Waals surface area contributed by atoms with Gasteiger partial charge in [0.05, 0.1) is 23.4 Å². The summed E-state index contributed by atoms with van der Waals surface area (Å²) in [5, 5.41) is 7.58. The molecule has 0 radical (unpaired) electrons. The van der Waals surface area contributed by atoms with E-state index in [0.717, 1.165) is 23.0 Å². The quantitative estimate of drug-likeness (QED) is 0.746. The number of rotatable bonds is 3. The molecule has 132 valence electrons. The molecule has 1 unspecified atom stereocenters. The molecule has 2 aromatic carbocycles. The SMILES string of the molecule is O=C(NC1CNCCO1)c1cc(-c2cccc(Cl)c2)nc2ccccc12. The second-order valence-electron chi connectivity index (χ2n) is 6.12. The van der Waals surface area contributed by atoms with Gasteiger partial charge in [0.1, 0.15) is 6.23 Å². The molecule has 6 heteroatoms. The van der Waals surface area contributed by atoms with Gasteiger partial charge in [0.15, 0.2) is 0 Å². The number of carbonyl (C=O) groups excluding carboxylic acids is 1. The maximum Gasteiger partial charge on any atom is 0.254 e. The Morgan fingerprint density at radius 1 is 1.19 bits per heavy atom. The molecular formula is C20H18ClN3O2. The van der Waals surface area contributed by atoms with E-state index in [2.05, 4.69) is 10.6 Å². The number of carbonyl (C=O) groups is 1. The van der Waals surface area contributed by atoms with Crippen LogP contribution in [0.2, 0.25) is 5.02 Å². The third-order valence-electron chi connectivity index (χ3n) is 4.30. The first-order valence-electron chi connectivity index (χ1n) is 8.49. The maximum absolute atomic E-state index is 12.9. The van der Waals surface area contributed by atoms with Crippen molar-refractivity contribution >= 4 is 28.4 Å². The molecule has 0 bridgehead atoms. The molecule has 1 aliphatic rings. The van der Waals surface area contributed by atoms with E-state index in [0.29, 0.717) is 29.4 Å². The fourth-order valence-corrected chi connectivity index (χ4v) is 3.23. The van der Waals surface area contributed by atoms with Gasteiger partial charge in [0.25, 0.3) is 5.91 Å². The summed E-state index contributed by atoms with van der Waals surface area (Å²) in [6.07, 6.45) is -0.335. The Kier molecular flexibility index (Phi) is 4.84. The first-order valence-corrected chi connectivity index (χ1v) is 8.87. The standard InChI is InChI=1S/C20H18ClN3O2/c21-14-5-3-4-13(10-14)18-11-16(15-6-1-2-7-17(15)23-18)20(25)24-19-12-22-8-9-26-19/h1-7,10-11,19,22H,8-9,12H2,(H,24,25). The number of nitrogens with zero attached hydrogens (tertiary/aromatic N) is 1. The molecule has 1 saturated heterocycles. The van der Waals surface area contributed by atoms with E-state index >= 15 is 0 Å². The van der Waals surface area contributed by atoms with Gasteiger partial charge in [-0.2, -0.15) is 0 Å². The summed E-state index contributed by atoms with van der Waals surface area (Å²) < 4.78 is 5.59. The molecule has 0 saturated carbocycles. The average Bonchev–Trinajstić information content (AvgIpc) is 2.68. The van der Waals surface area contributed by atoms with Crippen LogP contribution >= 0.6 is 11.6 Å². The average molecular weight is 368 g/mol. The lowest BCUT2D eigenvalue weighted by Crippen LogP contribution is -2.49. The van der Waals surface area contributed by atoms with Crippen LogP contribution in [-0.4, -0.2) is 36.8 Å². The lowest BCUT2D eigenvalue weighted by molar-refractivity contribution is 0.00839. The number of pyridine rings is 1. The molecule has 3 aromatic rings. The Morgan fingerprint density at radius 3 is 2.88 bits per heavy atom. The fraction of sp³-hybridized carbons (Fsp3) is 0.200. The summed E-state index contributed by atoms with van der Waals surface area (Å²) in [4.78, 5) is 17.6.